The van der Waals surface area contributed by atoms with Crippen molar-refractivity contribution in [2.75, 3.05) is 0 Å². The molecule has 1 aliphatic carbocycles. The van der Waals surface area contributed by atoms with E-state index in [-0.39, 0.29) is 28.3 Å². The first kappa shape index (κ1) is 13.0. The van der Waals surface area contributed by atoms with E-state index in [1.54, 1.807) is 13.8 Å². The largest absolute Gasteiger partial charge is 0.507 e. The van der Waals surface area contributed by atoms with Gasteiger partial charge in [0.2, 0.25) is 0 Å². The molecule has 20 heavy (non-hydrogen) atoms. The predicted molar refractivity (Wildman–Crippen MR) is 75.5 cm³/mol. The average molecular weight is 274 g/mol. The minimum atomic E-state index is -0.159. The van der Waals surface area contributed by atoms with Gasteiger partial charge in [-0.1, -0.05) is 13.8 Å². The Hall–Kier alpha value is -1.97. The van der Waals surface area contributed by atoms with Gasteiger partial charge >= 0.3 is 0 Å². The maximum absolute atomic E-state index is 12.4. The van der Waals surface area contributed by atoms with Crippen LogP contribution in [0.2, 0.25) is 0 Å². The standard InChI is InChI=1S/C16H18O4/c1-7-8(2)14(19)15-12(13(7)18)11-9(17)5-16(3,4)6-10(11)20-15/h18-19H,5-6H2,1-4H3. The van der Waals surface area contributed by atoms with Crippen LogP contribution in [0, 0.1) is 19.3 Å². The second-order valence-electron chi connectivity index (χ2n) is 6.49. The molecule has 1 heterocycles. The van der Waals surface area contributed by atoms with Gasteiger partial charge in [0.25, 0.3) is 0 Å². The lowest BCUT2D eigenvalue weighted by molar-refractivity contribution is 0.0905. The molecule has 0 bridgehead atoms. The number of hydrogen-bond donors (Lipinski definition) is 2. The van der Waals surface area contributed by atoms with Crippen LogP contribution < -0.4 is 0 Å². The topological polar surface area (TPSA) is 70.7 Å². The van der Waals surface area contributed by atoms with E-state index in [1.165, 1.54) is 0 Å². The molecular formula is C16H18O4. The first-order valence-corrected chi connectivity index (χ1v) is 6.72. The van der Waals surface area contributed by atoms with E-state index in [2.05, 4.69) is 0 Å². The number of rotatable bonds is 0. The summed E-state index contributed by atoms with van der Waals surface area (Å²) >= 11 is 0. The molecule has 0 unspecified atom stereocenters. The number of ketones is 1. The molecule has 0 atom stereocenters. The third-order valence-electron chi connectivity index (χ3n) is 4.26. The second-order valence-corrected chi connectivity index (χ2v) is 6.49. The minimum absolute atomic E-state index is 0.00954. The fourth-order valence-electron chi connectivity index (χ4n) is 3.02. The molecule has 2 N–H and O–H groups in total. The van der Waals surface area contributed by atoms with Gasteiger partial charge in [0.15, 0.2) is 17.1 Å². The van der Waals surface area contributed by atoms with E-state index < -0.39 is 0 Å². The highest BCUT2D eigenvalue weighted by molar-refractivity contribution is 6.13. The van der Waals surface area contributed by atoms with E-state index in [0.717, 1.165) is 0 Å². The predicted octanol–water partition coefficient (Wildman–Crippen LogP) is 3.62. The van der Waals surface area contributed by atoms with Crippen LogP contribution in [0.25, 0.3) is 11.0 Å². The average Bonchev–Trinajstić information content (AvgIpc) is 2.71. The number of aromatic hydroxyl groups is 2. The zero-order valence-electron chi connectivity index (χ0n) is 12.1. The van der Waals surface area contributed by atoms with Gasteiger partial charge in [-0.2, -0.15) is 0 Å². The number of hydrogen-bond acceptors (Lipinski definition) is 4. The van der Waals surface area contributed by atoms with E-state index in [1.807, 2.05) is 13.8 Å². The van der Waals surface area contributed by atoms with Gasteiger partial charge in [-0.05, 0) is 24.8 Å². The smallest absolute Gasteiger partial charge is 0.180 e. The van der Waals surface area contributed by atoms with Crippen molar-refractivity contribution in [3.05, 3.63) is 22.5 Å². The van der Waals surface area contributed by atoms with Crippen molar-refractivity contribution < 1.29 is 19.4 Å². The van der Waals surface area contributed by atoms with Gasteiger partial charge in [-0.3, -0.25) is 4.79 Å². The van der Waals surface area contributed by atoms with Crippen molar-refractivity contribution in [2.45, 2.75) is 40.5 Å². The first-order chi connectivity index (χ1) is 9.23. The van der Waals surface area contributed by atoms with Gasteiger partial charge in [0.1, 0.15) is 11.5 Å². The summed E-state index contributed by atoms with van der Waals surface area (Å²) in [5, 5.41) is 20.9. The third-order valence-corrected chi connectivity index (χ3v) is 4.26. The molecule has 1 aromatic carbocycles. The van der Waals surface area contributed by atoms with Gasteiger partial charge in [-0.15, -0.1) is 0 Å². The number of Topliss-reactive ketones (excluding diaryl/α,β-unsaturated/α-hetero) is 1. The molecule has 0 radical (unpaired) electrons. The van der Waals surface area contributed by atoms with E-state index >= 15 is 0 Å². The quantitative estimate of drug-likeness (QED) is 0.720. The number of phenolic OH excluding ortho intramolecular Hbond substituents is 2. The molecule has 0 saturated heterocycles. The zero-order valence-corrected chi connectivity index (χ0v) is 12.1. The van der Waals surface area contributed by atoms with Crippen LogP contribution in [0.1, 0.15) is 47.5 Å². The Bertz CT molecular complexity index is 750. The molecule has 2 aromatic rings. The van der Waals surface area contributed by atoms with Crippen molar-refractivity contribution in [3.8, 4) is 11.5 Å². The molecule has 0 fully saturated rings. The molecule has 0 amide bonds. The van der Waals surface area contributed by atoms with Crippen LogP contribution in [-0.2, 0) is 6.42 Å². The Morgan fingerprint density at radius 3 is 2.30 bits per heavy atom. The summed E-state index contributed by atoms with van der Waals surface area (Å²) < 4.78 is 5.71. The maximum Gasteiger partial charge on any atom is 0.180 e. The fraction of sp³-hybridized carbons (Fsp3) is 0.438. The van der Waals surface area contributed by atoms with Crippen molar-refractivity contribution in [2.24, 2.45) is 5.41 Å². The van der Waals surface area contributed by atoms with Crippen LogP contribution in [0.5, 0.6) is 11.5 Å². The highest BCUT2D eigenvalue weighted by Crippen LogP contribution is 2.47. The van der Waals surface area contributed by atoms with E-state index in [0.29, 0.717) is 40.7 Å². The monoisotopic (exact) mass is 274 g/mol. The Morgan fingerprint density at radius 2 is 1.65 bits per heavy atom. The summed E-state index contributed by atoms with van der Waals surface area (Å²) in [7, 11) is 0. The number of benzene rings is 1. The summed E-state index contributed by atoms with van der Waals surface area (Å²) in [4.78, 5) is 12.4. The summed E-state index contributed by atoms with van der Waals surface area (Å²) in [6.45, 7) is 7.46. The van der Waals surface area contributed by atoms with Gasteiger partial charge in [0, 0.05) is 18.4 Å². The van der Waals surface area contributed by atoms with Crippen molar-refractivity contribution in [1.82, 2.24) is 0 Å². The molecule has 1 aliphatic rings. The lowest BCUT2D eigenvalue weighted by Gasteiger charge is -2.27. The van der Waals surface area contributed by atoms with Crippen LogP contribution in [0.4, 0.5) is 0 Å². The van der Waals surface area contributed by atoms with E-state index in [4.69, 9.17) is 4.42 Å². The highest BCUT2D eigenvalue weighted by atomic mass is 16.4. The summed E-state index contributed by atoms with van der Waals surface area (Å²) in [6.07, 6.45) is 1.04. The highest BCUT2D eigenvalue weighted by Gasteiger charge is 2.37. The Morgan fingerprint density at radius 1 is 1.05 bits per heavy atom. The summed E-state index contributed by atoms with van der Waals surface area (Å²) in [5.41, 5.74) is 1.66. The molecule has 4 nitrogen and oxygen atoms in total. The molecule has 0 spiro atoms. The molecule has 3 rings (SSSR count). The van der Waals surface area contributed by atoms with Crippen molar-refractivity contribution in [3.63, 3.8) is 0 Å². The van der Waals surface area contributed by atoms with Gasteiger partial charge in [0.05, 0.1) is 10.9 Å². The zero-order chi connectivity index (χ0) is 14.8. The molecule has 1 aromatic heterocycles. The number of furan rings is 1. The van der Waals surface area contributed by atoms with Crippen LogP contribution in [-0.4, -0.2) is 16.0 Å². The Kier molecular flexibility index (Phi) is 2.46. The van der Waals surface area contributed by atoms with Crippen molar-refractivity contribution in [1.29, 1.82) is 0 Å². The van der Waals surface area contributed by atoms with Crippen LogP contribution in [0.3, 0.4) is 0 Å². The van der Waals surface area contributed by atoms with Crippen molar-refractivity contribution >= 4 is 16.8 Å². The molecular weight excluding hydrogens is 256 g/mol. The maximum atomic E-state index is 12.4. The fourth-order valence-corrected chi connectivity index (χ4v) is 3.02. The molecule has 4 heteroatoms. The second kappa shape index (κ2) is 3.78. The molecule has 106 valence electrons. The SMILES string of the molecule is Cc1c(C)c(O)c2c3c(oc2c1O)CC(C)(C)CC3=O. The summed E-state index contributed by atoms with van der Waals surface area (Å²) in [6, 6.07) is 0. The number of fused-ring (bicyclic) bond motifs is 3. The van der Waals surface area contributed by atoms with E-state index in [9.17, 15) is 15.0 Å². The number of carbonyl (C=O) groups excluding carboxylic acids is 1. The Balaban J connectivity index is 2.43. The molecule has 0 aliphatic heterocycles. The Labute approximate surface area is 117 Å². The normalized spacial score (nSPS) is 17.5. The van der Waals surface area contributed by atoms with Crippen LogP contribution in [0.15, 0.2) is 4.42 Å². The van der Waals surface area contributed by atoms with Crippen LogP contribution >= 0.6 is 0 Å². The summed E-state index contributed by atoms with van der Waals surface area (Å²) in [5.74, 6) is 0.577. The number of carbonyl (C=O) groups is 1. The minimum Gasteiger partial charge on any atom is -0.507 e. The first-order valence-electron chi connectivity index (χ1n) is 6.72. The number of phenols is 2. The van der Waals surface area contributed by atoms with Gasteiger partial charge in [-0.25, -0.2) is 0 Å². The lowest BCUT2D eigenvalue weighted by atomic mass is 9.76. The lowest BCUT2D eigenvalue weighted by Crippen LogP contribution is -2.25. The molecule has 0 saturated carbocycles. The van der Waals surface area contributed by atoms with Gasteiger partial charge < -0.3 is 14.6 Å². The third kappa shape index (κ3) is 1.57.